The van der Waals surface area contributed by atoms with E-state index in [0.29, 0.717) is 35.1 Å². The molecule has 130 valence electrons. The van der Waals surface area contributed by atoms with Crippen LogP contribution in [0.15, 0.2) is 34.1 Å². The van der Waals surface area contributed by atoms with E-state index in [1.807, 2.05) is 18.2 Å². The Morgan fingerprint density at radius 3 is 2.80 bits per heavy atom. The molecule has 2 aromatic rings. The lowest BCUT2D eigenvalue weighted by Gasteiger charge is -2.26. The number of benzene rings is 1. The van der Waals surface area contributed by atoms with E-state index in [4.69, 9.17) is 14.1 Å². The number of hydrogen-bond donors (Lipinski definition) is 2. The molecule has 0 fully saturated rings. The number of aromatic nitrogens is 2. The van der Waals surface area contributed by atoms with Gasteiger partial charge in [-0.05, 0) is 41.4 Å². The number of carbonyl (C=O) groups is 1. The molecule has 1 aromatic heterocycles. The fourth-order valence-electron chi connectivity index (χ4n) is 3.34. The van der Waals surface area contributed by atoms with Crippen LogP contribution < -0.4 is 20.1 Å². The maximum Gasteiger partial charge on any atom is 0.219 e. The first-order chi connectivity index (χ1) is 12.2. The lowest BCUT2D eigenvalue weighted by molar-refractivity contribution is -0.116. The fourth-order valence-corrected chi connectivity index (χ4v) is 3.34. The quantitative estimate of drug-likeness (QED) is 0.878. The van der Waals surface area contributed by atoms with Crippen molar-refractivity contribution in [1.29, 1.82) is 0 Å². The number of anilines is 2. The van der Waals surface area contributed by atoms with Gasteiger partial charge in [0.15, 0.2) is 5.78 Å². The third kappa shape index (κ3) is 2.59. The average molecular weight is 342 g/mol. The molecule has 1 aromatic carbocycles. The molecule has 8 heteroatoms. The molecule has 0 radical (unpaired) electrons. The molecule has 8 nitrogen and oxygen atoms in total. The summed E-state index contributed by atoms with van der Waals surface area (Å²) in [6.45, 7) is 0. The maximum absolute atomic E-state index is 12.7. The second kappa shape index (κ2) is 6.12. The predicted octanol–water partition coefficient (Wildman–Crippen LogP) is 2.67. The van der Waals surface area contributed by atoms with Crippen molar-refractivity contribution in [1.82, 2.24) is 10.3 Å². The Hall–Kier alpha value is -3.03. The molecule has 1 aliphatic carbocycles. The van der Waals surface area contributed by atoms with Crippen LogP contribution in [0.3, 0.4) is 0 Å². The molecule has 2 aliphatic rings. The summed E-state index contributed by atoms with van der Waals surface area (Å²) in [5, 5.41) is 14.2. The highest BCUT2D eigenvalue weighted by atomic mass is 16.6. The number of allylic oxidation sites excluding steroid dienone is 1. The summed E-state index contributed by atoms with van der Waals surface area (Å²) >= 11 is 0. The molecule has 25 heavy (non-hydrogen) atoms. The summed E-state index contributed by atoms with van der Waals surface area (Å²) in [4.78, 5) is 12.7. The lowest BCUT2D eigenvalue weighted by atomic mass is 9.86. The Balaban J connectivity index is 1.90. The van der Waals surface area contributed by atoms with Crippen LogP contribution in [0.2, 0.25) is 0 Å². The van der Waals surface area contributed by atoms with E-state index in [2.05, 4.69) is 20.9 Å². The molecule has 0 saturated heterocycles. The van der Waals surface area contributed by atoms with Crippen LogP contribution in [-0.2, 0) is 4.79 Å². The number of ketones is 1. The molecule has 1 aliphatic heterocycles. The van der Waals surface area contributed by atoms with Crippen molar-refractivity contribution in [3.63, 3.8) is 0 Å². The zero-order chi connectivity index (χ0) is 17.4. The minimum atomic E-state index is -0.437. The Morgan fingerprint density at radius 2 is 2.00 bits per heavy atom. The zero-order valence-electron chi connectivity index (χ0n) is 14.0. The number of rotatable bonds is 3. The third-order valence-corrected chi connectivity index (χ3v) is 4.53. The smallest absolute Gasteiger partial charge is 0.219 e. The number of carbonyl (C=O) groups excluding carboxylic acids is 1. The van der Waals surface area contributed by atoms with Gasteiger partial charge in [0.05, 0.1) is 20.3 Å². The Kier molecular flexibility index (Phi) is 3.79. The third-order valence-electron chi connectivity index (χ3n) is 4.53. The topological polar surface area (TPSA) is 98.5 Å². The standard InChI is InChI=1S/C17H18N4O4/c1-23-9-6-7-13(24-2)10(8-9)15-14-11(4-3-5-12(14)22)18-16-17(19-15)21-25-20-16/h6-8,15H,3-5H2,1-2H3,(H,18,20)(H,19,21)/t15-/m1/s1. The second-order valence-electron chi connectivity index (χ2n) is 5.94. The van der Waals surface area contributed by atoms with Gasteiger partial charge in [0.2, 0.25) is 11.6 Å². The van der Waals surface area contributed by atoms with Crippen LogP contribution in [0.5, 0.6) is 11.5 Å². The normalized spacial score (nSPS) is 19.3. The van der Waals surface area contributed by atoms with E-state index < -0.39 is 6.04 Å². The van der Waals surface area contributed by atoms with E-state index in [0.717, 1.165) is 24.1 Å². The molecular weight excluding hydrogens is 324 g/mol. The van der Waals surface area contributed by atoms with Crippen LogP contribution in [0.1, 0.15) is 30.9 Å². The number of hydrogen-bond acceptors (Lipinski definition) is 8. The van der Waals surface area contributed by atoms with Gasteiger partial charge in [-0.25, -0.2) is 4.63 Å². The molecule has 0 spiro atoms. The number of fused-ring (bicyclic) bond motifs is 1. The van der Waals surface area contributed by atoms with Crippen molar-refractivity contribution < 1.29 is 18.9 Å². The molecule has 2 heterocycles. The zero-order valence-corrected chi connectivity index (χ0v) is 14.0. The van der Waals surface area contributed by atoms with Gasteiger partial charge < -0.3 is 20.1 Å². The maximum atomic E-state index is 12.7. The Labute approximate surface area is 144 Å². The minimum Gasteiger partial charge on any atom is -0.497 e. The van der Waals surface area contributed by atoms with Crippen molar-refractivity contribution in [3.8, 4) is 11.5 Å². The van der Waals surface area contributed by atoms with Gasteiger partial charge in [0, 0.05) is 23.3 Å². The number of ether oxygens (including phenoxy) is 2. The average Bonchev–Trinajstić information content (AvgIpc) is 3.00. The van der Waals surface area contributed by atoms with E-state index in [-0.39, 0.29) is 5.78 Å². The highest BCUT2D eigenvalue weighted by Crippen LogP contribution is 2.42. The van der Waals surface area contributed by atoms with Crippen molar-refractivity contribution in [2.75, 3.05) is 24.9 Å². The van der Waals surface area contributed by atoms with Gasteiger partial charge in [0.1, 0.15) is 11.5 Å². The van der Waals surface area contributed by atoms with E-state index >= 15 is 0 Å². The summed E-state index contributed by atoms with van der Waals surface area (Å²) in [7, 11) is 3.20. The van der Waals surface area contributed by atoms with E-state index in [1.165, 1.54) is 0 Å². The second-order valence-corrected chi connectivity index (χ2v) is 5.94. The summed E-state index contributed by atoms with van der Waals surface area (Å²) in [6, 6.07) is 5.07. The van der Waals surface area contributed by atoms with Gasteiger partial charge in [0.25, 0.3) is 0 Å². The predicted molar refractivity (Wildman–Crippen MR) is 89.7 cm³/mol. The number of nitrogens with zero attached hydrogens (tertiary/aromatic N) is 2. The van der Waals surface area contributed by atoms with Crippen molar-refractivity contribution in [2.45, 2.75) is 25.3 Å². The van der Waals surface area contributed by atoms with Gasteiger partial charge in [-0.15, -0.1) is 0 Å². The molecular formula is C17H18N4O4. The van der Waals surface area contributed by atoms with E-state index in [1.54, 1.807) is 14.2 Å². The van der Waals surface area contributed by atoms with E-state index in [9.17, 15) is 4.79 Å². The summed E-state index contributed by atoms with van der Waals surface area (Å²) in [6.07, 6.45) is 2.07. The van der Waals surface area contributed by atoms with Gasteiger partial charge in [-0.2, -0.15) is 0 Å². The first-order valence-electron chi connectivity index (χ1n) is 8.05. The first-order valence-corrected chi connectivity index (χ1v) is 8.05. The largest absolute Gasteiger partial charge is 0.497 e. The molecule has 2 N–H and O–H groups in total. The number of methoxy groups -OCH3 is 2. The molecule has 1 atom stereocenters. The molecule has 0 unspecified atom stereocenters. The number of Topliss-reactive ketones (excluding diaryl/α,β-unsaturated/α-hetero) is 1. The highest BCUT2D eigenvalue weighted by molar-refractivity contribution is 6.00. The SMILES string of the molecule is COc1ccc(OC)c([C@H]2Nc3nonc3NC3=C2C(=O)CCC3)c1. The van der Waals surface area contributed by atoms with Crippen LogP contribution in [0.4, 0.5) is 11.6 Å². The van der Waals surface area contributed by atoms with Crippen LogP contribution in [0.25, 0.3) is 0 Å². The highest BCUT2D eigenvalue weighted by Gasteiger charge is 2.35. The molecule has 0 saturated carbocycles. The first kappa shape index (κ1) is 15.5. The summed E-state index contributed by atoms with van der Waals surface area (Å²) in [5.74, 6) is 2.36. The minimum absolute atomic E-state index is 0.0956. The Morgan fingerprint density at radius 1 is 1.16 bits per heavy atom. The van der Waals surface area contributed by atoms with Crippen LogP contribution in [-0.4, -0.2) is 30.3 Å². The lowest BCUT2D eigenvalue weighted by Crippen LogP contribution is -2.24. The van der Waals surface area contributed by atoms with Crippen molar-refractivity contribution in [2.24, 2.45) is 0 Å². The molecule has 4 rings (SSSR count). The summed E-state index contributed by atoms with van der Waals surface area (Å²) < 4.78 is 15.7. The van der Waals surface area contributed by atoms with Gasteiger partial charge in [-0.1, -0.05) is 0 Å². The van der Waals surface area contributed by atoms with Gasteiger partial charge >= 0.3 is 0 Å². The monoisotopic (exact) mass is 342 g/mol. The van der Waals surface area contributed by atoms with Crippen molar-refractivity contribution in [3.05, 3.63) is 35.0 Å². The number of nitrogens with one attached hydrogen (secondary N) is 2. The Bertz CT molecular complexity index is 858. The summed E-state index contributed by atoms with van der Waals surface area (Å²) in [5.41, 5.74) is 2.31. The molecule has 0 bridgehead atoms. The molecule has 0 amide bonds. The van der Waals surface area contributed by atoms with Crippen molar-refractivity contribution >= 4 is 17.4 Å². The van der Waals surface area contributed by atoms with Crippen LogP contribution >= 0.6 is 0 Å². The van der Waals surface area contributed by atoms with Crippen LogP contribution in [0, 0.1) is 0 Å². The fraction of sp³-hybridized carbons (Fsp3) is 0.353. The van der Waals surface area contributed by atoms with Gasteiger partial charge in [-0.3, -0.25) is 4.79 Å².